The van der Waals surface area contributed by atoms with Gasteiger partial charge in [0, 0.05) is 5.96 Å². The van der Waals surface area contributed by atoms with Crippen LogP contribution in [0.4, 0.5) is 0 Å². The molecule has 1 aliphatic rings. The van der Waals surface area contributed by atoms with E-state index in [0.29, 0.717) is 5.96 Å². The van der Waals surface area contributed by atoms with Crippen LogP contribution >= 0.6 is 0 Å². The summed E-state index contributed by atoms with van der Waals surface area (Å²) in [4.78, 5) is 4.23. The number of guanidine groups is 1. The first-order valence-corrected chi connectivity index (χ1v) is 8.96. The monoisotopic (exact) mass is 320 g/mol. The Balaban J connectivity index is 1.37. The summed E-state index contributed by atoms with van der Waals surface area (Å²) < 4.78 is 0. The van der Waals surface area contributed by atoms with Gasteiger partial charge in [-0.2, -0.15) is 0 Å². The quantitative estimate of drug-likeness (QED) is 0.740. The van der Waals surface area contributed by atoms with E-state index >= 15 is 0 Å². The van der Waals surface area contributed by atoms with Crippen LogP contribution < -0.4 is 0 Å². The molecule has 126 valence electrons. The van der Waals surface area contributed by atoms with E-state index in [0.717, 1.165) is 51.9 Å². The molecule has 0 aliphatic carbocycles. The van der Waals surface area contributed by atoms with Crippen molar-refractivity contribution in [2.24, 2.45) is 0 Å². The zero-order valence-corrected chi connectivity index (χ0v) is 14.3. The fourth-order valence-corrected chi connectivity index (χ4v) is 3.30. The Hall–Kier alpha value is -2.29. The third-order valence-electron chi connectivity index (χ3n) is 4.68. The van der Waals surface area contributed by atoms with Gasteiger partial charge in [0.25, 0.3) is 0 Å². The Morgan fingerprint density at radius 3 is 1.50 bits per heavy atom. The third kappa shape index (κ3) is 4.60. The second-order valence-corrected chi connectivity index (χ2v) is 6.45. The molecule has 3 nitrogen and oxygen atoms in total. The van der Waals surface area contributed by atoms with Crippen molar-refractivity contribution >= 4 is 5.96 Å². The number of benzene rings is 2. The first-order valence-electron chi connectivity index (χ1n) is 8.96. The lowest BCUT2D eigenvalue weighted by Crippen LogP contribution is -2.33. The molecule has 1 aliphatic heterocycles. The van der Waals surface area contributed by atoms with Gasteiger partial charge in [0.05, 0.1) is 0 Å². The molecule has 0 N–H and O–H groups in total. The summed E-state index contributed by atoms with van der Waals surface area (Å²) in [6, 6.07) is 21.1. The first-order chi connectivity index (χ1) is 11.8. The molecule has 0 unspecified atom stereocenters. The summed E-state index contributed by atoms with van der Waals surface area (Å²) in [6.45, 7) is 3.73. The van der Waals surface area contributed by atoms with E-state index in [1.807, 2.05) is 0 Å². The molecule has 0 atom stereocenters. The van der Waals surface area contributed by atoms with E-state index in [1.165, 1.54) is 11.1 Å². The van der Waals surface area contributed by atoms with Crippen molar-refractivity contribution in [3.05, 3.63) is 77.2 Å². The Bertz CT molecular complexity index is 569. The maximum absolute atomic E-state index is 10.4. The minimum Gasteiger partial charge on any atom is -0.426 e. The molecular weight excluding hydrogens is 294 g/mol. The zero-order valence-electron chi connectivity index (χ0n) is 14.3. The second-order valence-electron chi connectivity index (χ2n) is 6.45. The summed E-state index contributed by atoms with van der Waals surface area (Å²) in [5.41, 5.74) is 2.74. The van der Waals surface area contributed by atoms with Crippen molar-refractivity contribution in [3.8, 4) is 0 Å². The van der Waals surface area contributed by atoms with Gasteiger partial charge < -0.3 is 15.2 Å². The van der Waals surface area contributed by atoms with Gasteiger partial charge in [-0.1, -0.05) is 60.7 Å². The molecule has 2 aromatic rings. The number of aryl methyl sites for hydroxylation is 2. The van der Waals surface area contributed by atoms with Crippen molar-refractivity contribution < 1.29 is 0 Å². The van der Waals surface area contributed by atoms with E-state index in [4.69, 9.17) is 0 Å². The molecule has 1 heterocycles. The summed E-state index contributed by atoms with van der Waals surface area (Å²) in [5.74, 6) is 0.469. The highest BCUT2D eigenvalue weighted by molar-refractivity contribution is 5.84. The lowest BCUT2D eigenvalue weighted by Gasteiger charge is -2.30. The van der Waals surface area contributed by atoms with Crippen molar-refractivity contribution in [2.75, 3.05) is 26.2 Å². The van der Waals surface area contributed by atoms with Crippen molar-refractivity contribution in [1.29, 1.82) is 0 Å². The number of nitrogens with zero attached hydrogens (tertiary/aromatic N) is 3. The summed E-state index contributed by atoms with van der Waals surface area (Å²) >= 11 is 0. The molecule has 0 spiro atoms. The molecule has 0 radical (unpaired) electrons. The molecule has 0 amide bonds. The minimum atomic E-state index is 0.469. The summed E-state index contributed by atoms with van der Waals surface area (Å²) in [7, 11) is 0. The first kappa shape index (κ1) is 16.6. The number of rotatable bonds is 8. The van der Waals surface area contributed by atoms with Crippen LogP contribution in [0.2, 0.25) is 0 Å². The zero-order chi connectivity index (χ0) is 16.6. The topological polar surface area (TPSA) is 28.8 Å². The minimum absolute atomic E-state index is 0.469. The Labute approximate surface area is 145 Å². The van der Waals surface area contributed by atoms with Gasteiger partial charge in [-0.15, -0.1) is 0 Å². The van der Waals surface area contributed by atoms with Crippen LogP contribution in [0.3, 0.4) is 0 Å². The standard InChI is InChI=1S/C21H26N3/c22-21-23(15-7-13-19-9-3-1-4-10-19)17-18-24(21)16-8-14-20-11-5-2-6-12-20/h1-6,9-12H,7-8,13-18H2/q-1. The largest absolute Gasteiger partial charge is 0.426 e. The lowest BCUT2D eigenvalue weighted by atomic mass is 10.1. The maximum atomic E-state index is 10.4. The maximum Gasteiger partial charge on any atom is 0.0107 e. The lowest BCUT2D eigenvalue weighted by molar-refractivity contribution is 0.451. The van der Waals surface area contributed by atoms with Crippen LogP contribution in [0, 0.1) is 0 Å². The van der Waals surface area contributed by atoms with Crippen LogP contribution in [0.25, 0.3) is 5.41 Å². The van der Waals surface area contributed by atoms with E-state index in [9.17, 15) is 5.41 Å². The Morgan fingerprint density at radius 2 is 1.08 bits per heavy atom. The van der Waals surface area contributed by atoms with E-state index < -0.39 is 0 Å². The number of hydrogen-bond donors (Lipinski definition) is 0. The Kier molecular flexibility index (Phi) is 5.89. The van der Waals surface area contributed by atoms with Crippen LogP contribution in [0.1, 0.15) is 24.0 Å². The van der Waals surface area contributed by atoms with Crippen LogP contribution in [0.5, 0.6) is 0 Å². The van der Waals surface area contributed by atoms with Crippen molar-refractivity contribution in [2.45, 2.75) is 25.7 Å². The predicted molar refractivity (Wildman–Crippen MR) is 101 cm³/mol. The smallest absolute Gasteiger partial charge is 0.0107 e. The van der Waals surface area contributed by atoms with Gasteiger partial charge in [-0.3, -0.25) is 0 Å². The van der Waals surface area contributed by atoms with Gasteiger partial charge in [0.1, 0.15) is 0 Å². The molecule has 3 rings (SSSR count). The highest BCUT2D eigenvalue weighted by atomic mass is 15.4. The van der Waals surface area contributed by atoms with Gasteiger partial charge in [-0.05, 0) is 63.0 Å². The van der Waals surface area contributed by atoms with E-state index in [-0.39, 0.29) is 0 Å². The fraction of sp³-hybridized carbons (Fsp3) is 0.381. The van der Waals surface area contributed by atoms with Crippen LogP contribution in [0.15, 0.2) is 60.7 Å². The summed E-state index contributed by atoms with van der Waals surface area (Å²) in [6.07, 6.45) is 4.29. The molecule has 3 heteroatoms. The van der Waals surface area contributed by atoms with Gasteiger partial charge in [0.2, 0.25) is 0 Å². The van der Waals surface area contributed by atoms with Gasteiger partial charge in [0.15, 0.2) is 0 Å². The Morgan fingerprint density at radius 1 is 0.667 bits per heavy atom. The van der Waals surface area contributed by atoms with E-state index in [1.54, 1.807) is 0 Å². The highest BCUT2D eigenvalue weighted by Crippen LogP contribution is 2.12. The molecular formula is C21H26N3-. The molecule has 0 aromatic heterocycles. The molecule has 0 bridgehead atoms. The normalized spacial score (nSPS) is 14.4. The third-order valence-corrected chi connectivity index (χ3v) is 4.68. The molecule has 0 saturated carbocycles. The molecule has 1 fully saturated rings. The molecule has 24 heavy (non-hydrogen) atoms. The highest BCUT2D eigenvalue weighted by Gasteiger charge is 2.15. The average molecular weight is 320 g/mol. The van der Waals surface area contributed by atoms with Crippen LogP contribution in [-0.2, 0) is 12.8 Å². The van der Waals surface area contributed by atoms with Crippen molar-refractivity contribution in [1.82, 2.24) is 9.80 Å². The van der Waals surface area contributed by atoms with Crippen molar-refractivity contribution in [3.63, 3.8) is 0 Å². The van der Waals surface area contributed by atoms with Crippen LogP contribution in [-0.4, -0.2) is 41.9 Å². The van der Waals surface area contributed by atoms with Gasteiger partial charge in [-0.25, -0.2) is 0 Å². The molecule has 2 aromatic carbocycles. The summed E-state index contributed by atoms with van der Waals surface area (Å²) in [5, 5.41) is 10.4. The SMILES string of the molecule is [N-]=C1N(CCCc2ccccc2)CCN1CCCc1ccccc1. The average Bonchev–Trinajstić information content (AvgIpc) is 2.97. The van der Waals surface area contributed by atoms with Gasteiger partial charge >= 0.3 is 0 Å². The fourth-order valence-electron chi connectivity index (χ4n) is 3.30. The predicted octanol–water partition coefficient (Wildman–Crippen LogP) is 3.80. The second kappa shape index (κ2) is 8.53. The van der Waals surface area contributed by atoms with E-state index in [2.05, 4.69) is 70.5 Å². The number of hydrogen-bond acceptors (Lipinski definition) is 0. The molecule has 1 saturated heterocycles.